The van der Waals surface area contributed by atoms with Crippen molar-refractivity contribution in [1.29, 1.82) is 0 Å². The maximum atomic E-state index is 12.9. The van der Waals surface area contributed by atoms with Crippen molar-refractivity contribution in [2.75, 3.05) is 11.9 Å². The Morgan fingerprint density at radius 1 is 1.40 bits per heavy atom. The van der Waals surface area contributed by atoms with Crippen molar-refractivity contribution in [2.45, 2.75) is 58.5 Å². The van der Waals surface area contributed by atoms with Crippen molar-refractivity contribution < 1.29 is 4.79 Å². The summed E-state index contributed by atoms with van der Waals surface area (Å²) in [6.45, 7) is 7.22. The van der Waals surface area contributed by atoms with E-state index in [0.717, 1.165) is 25.8 Å². The summed E-state index contributed by atoms with van der Waals surface area (Å²) in [4.78, 5) is 19.2. The normalized spacial score (nSPS) is 22.6. The van der Waals surface area contributed by atoms with Crippen LogP contribution in [0.3, 0.4) is 0 Å². The van der Waals surface area contributed by atoms with E-state index in [2.05, 4.69) is 31.1 Å². The minimum atomic E-state index is 0.108. The van der Waals surface area contributed by atoms with Gasteiger partial charge in [0.15, 0.2) is 0 Å². The van der Waals surface area contributed by atoms with Crippen LogP contribution in [0.1, 0.15) is 56.8 Å². The quantitative estimate of drug-likeness (QED) is 0.917. The lowest BCUT2D eigenvalue weighted by molar-refractivity contribution is 0.0511. The zero-order chi connectivity index (χ0) is 14.5. The number of hydrogen-bond donors (Lipinski definition) is 1. The zero-order valence-corrected chi connectivity index (χ0v) is 12.7. The molecule has 1 saturated heterocycles. The summed E-state index contributed by atoms with van der Waals surface area (Å²) >= 11 is 0. The van der Waals surface area contributed by atoms with Crippen LogP contribution in [0.5, 0.6) is 0 Å². The van der Waals surface area contributed by atoms with E-state index >= 15 is 0 Å². The van der Waals surface area contributed by atoms with Gasteiger partial charge < -0.3 is 10.2 Å². The summed E-state index contributed by atoms with van der Waals surface area (Å²) in [6.07, 6.45) is 6.14. The molecular weight excluding hydrogens is 250 g/mol. The Hall–Kier alpha value is -1.58. The first-order chi connectivity index (χ1) is 9.65. The fourth-order valence-corrected chi connectivity index (χ4v) is 2.92. The lowest BCUT2D eigenvalue weighted by Crippen LogP contribution is -2.47. The fourth-order valence-electron chi connectivity index (χ4n) is 2.92. The van der Waals surface area contributed by atoms with Crippen LogP contribution in [0.2, 0.25) is 0 Å². The minimum absolute atomic E-state index is 0.108. The molecule has 0 spiro atoms. The Bertz CT molecular complexity index is 451. The molecule has 4 nitrogen and oxygen atoms in total. The van der Waals surface area contributed by atoms with Gasteiger partial charge in [0.05, 0.1) is 5.56 Å². The standard InChI is InChI=1S/C16H25N3O/c1-4-10-17-15-14(9-6-11-18-15)16(20)19-12(2)7-5-8-13(19)3/h6,9,11-13H,4-5,7-8,10H2,1-3H3,(H,17,18)/t12-,13+. The Morgan fingerprint density at radius 3 is 2.75 bits per heavy atom. The van der Waals surface area contributed by atoms with E-state index in [9.17, 15) is 4.79 Å². The van der Waals surface area contributed by atoms with Gasteiger partial charge in [-0.15, -0.1) is 0 Å². The van der Waals surface area contributed by atoms with Crippen LogP contribution in [0.25, 0.3) is 0 Å². The minimum Gasteiger partial charge on any atom is -0.369 e. The first-order valence-electron chi connectivity index (χ1n) is 7.66. The van der Waals surface area contributed by atoms with Crippen LogP contribution in [-0.4, -0.2) is 34.4 Å². The summed E-state index contributed by atoms with van der Waals surface area (Å²) in [7, 11) is 0. The van der Waals surface area contributed by atoms with Gasteiger partial charge in [-0.05, 0) is 51.7 Å². The lowest BCUT2D eigenvalue weighted by Gasteiger charge is -2.39. The van der Waals surface area contributed by atoms with E-state index in [-0.39, 0.29) is 5.91 Å². The van der Waals surface area contributed by atoms with Gasteiger partial charge in [0.25, 0.3) is 5.91 Å². The van der Waals surface area contributed by atoms with Crippen LogP contribution in [-0.2, 0) is 0 Å². The smallest absolute Gasteiger partial charge is 0.258 e. The monoisotopic (exact) mass is 275 g/mol. The van der Waals surface area contributed by atoms with Gasteiger partial charge in [-0.3, -0.25) is 4.79 Å². The maximum Gasteiger partial charge on any atom is 0.258 e. The largest absolute Gasteiger partial charge is 0.369 e. The highest BCUT2D eigenvalue weighted by atomic mass is 16.2. The van der Waals surface area contributed by atoms with Gasteiger partial charge in [0.2, 0.25) is 0 Å². The summed E-state index contributed by atoms with van der Waals surface area (Å²) in [5.74, 6) is 0.820. The Morgan fingerprint density at radius 2 is 2.10 bits per heavy atom. The van der Waals surface area contributed by atoms with Gasteiger partial charge in [-0.25, -0.2) is 4.98 Å². The number of rotatable bonds is 4. The number of nitrogens with zero attached hydrogens (tertiary/aromatic N) is 2. The molecule has 0 saturated carbocycles. The van der Waals surface area contributed by atoms with Crippen molar-refractivity contribution in [1.82, 2.24) is 9.88 Å². The third kappa shape index (κ3) is 3.11. The molecule has 2 rings (SSSR count). The van der Waals surface area contributed by atoms with E-state index in [4.69, 9.17) is 0 Å². The number of likely N-dealkylation sites (tertiary alicyclic amines) is 1. The lowest BCUT2D eigenvalue weighted by atomic mass is 9.96. The number of carbonyl (C=O) groups excluding carboxylic acids is 1. The second-order valence-corrected chi connectivity index (χ2v) is 5.67. The van der Waals surface area contributed by atoms with Gasteiger partial charge in [-0.2, -0.15) is 0 Å². The highest BCUT2D eigenvalue weighted by Gasteiger charge is 2.30. The second kappa shape index (κ2) is 6.73. The highest BCUT2D eigenvalue weighted by Crippen LogP contribution is 2.26. The predicted octanol–water partition coefficient (Wildman–Crippen LogP) is 3.31. The average molecular weight is 275 g/mol. The van der Waals surface area contributed by atoms with Crippen LogP contribution in [0, 0.1) is 0 Å². The maximum absolute atomic E-state index is 12.9. The van der Waals surface area contributed by atoms with E-state index in [1.165, 1.54) is 6.42 Å². The third-order valence-corrected chi connectivity index (χ3v) is 4.01. The van der Waals surface area contributed by atoms with Crippen molar-refractivity contribution in [2.24, 2.45) is 0 Å². The van der Waals surface area contributed by atoms with Crippen molar-refractivity contribution >= 4 is 11.7 Å². The summed E-state index contributed by atoms with van der Waals surface area (Å²) in [5, 5.41) is 3.25. The van der Waals surface area contributed by atoms with Crippen LogP contribution >= 0.6 is 0 Å². The van der Waals surface area contributed by atoms with Crippen LogP contribution in [0.15, 0.2) is 18.3 Å². The molecule has 1 amide bonds. The molecule has 1 aromatic rings. The number of hydrogen-bond acceptors (Lipinski definition) is 3. The Labute approximate surface area is 121 Å². The predicted molar refractivity (Wildman–Crippen MR) is 82.0 cm³/mol. The Balaban J connectivity index is 2.23. The highest BCUT2D eigenvalue weighted by molar-refractivity contribution is 5.99. The number of nitrogens with one attached hydrogen (secondary N) is 1. The number of aromatic nitrogens is 1. The number of carbonyl (C=O) groups is 1. The average Bonchev–Trinajstić information content (AvgIpc) is 2.45. The molecule has 110 valence electrons. The molecule has 1 fully saturated rings. The molecule has 1 aromatic heterocycles. The summed E-state index contributed by atoms with van der Waals surface area (Å²) in [6, 6.07) is 4.33. The van der Waals surface area contributed by atoms with Crippen molar-refractivity contribution in [3.8, 4) is 0 Å². The van der Waals surface area contributed by atoms with Crippen LogP contribution in [0.4, 0.5) is 5.82 Å². The van der Waals surface area contributed by atoms with E-state index in [0.29, 0.717) is 23.5 Å². The first-order valence-corrected chi connectivity index (χ1v) is 7.66. The molecule has 1 aliphatic rings. The molecule has 0 unspecified atom stereocenters. The van der Waals surface area contributed by atoms with E-state index in [1.54, 1.807) is 6.20 Å². The fraction of sp³-hybridized carbons (Fsp3) is 0.625. The summed E-state index contributed by atoms with van der Waals surface area (Å²) < 4.78 is 0. The number of pyridine rings is 1. The first kappa shape index (κ1) is 14.8. The van der Waals surface area contributed by atoms with Crippen molar-refractivity contribution in [3.63, 3.8) is 0 Å². The zero-order valence-electron chi connectivity index (χ0n) is 12.7. The number of amides is 1. The number of piperidine rings is 1. The molecule has 2 heterocycles. The third-order valence-electron chi connectivity index (χ3n) is 4.01. The molecule has 0 radical (unpaired) electrons. The van der Waals surface area contributed by atoms with Crippen LogP contribution < -0.4 is 5.32 Å². The van der Waals surface area contributed by atoms with Gasteiger partial charge in [0, 0.05) is 24.8 Å². The van der Waals surface area contributed by atoms with Gasteiger partial charge in [-0.1, -0.05) is 6.92 Å². The molecular formula is C16H25N3O. The van der Waals surface area contributed by atoms with E-state index in [1.807, 2.05) is 17.0 Å². The second-order valence-electron chi connectivity index (χ2n) is 5.67. The molecule has 4 heteroatoms. The molecule has 1 N–H and O–H groups in total. The van der Waals surface area contributed by atoms with Gasteiger partial charge >= 0.3 is 0 Å². The summed E-state index contributed by atoms with van der Waals surface area (Å²) in [5.41, 5.74) is 0.696. The number of anilines is 1. The topological polar surface area (TPSA) is 45.2 Å². The van der Waals surface area contributed by atoms with Crippen molar-refractivity contribution in [3.05, 3.63) is 23.9 Å². The molecule has 2 atom stereocenters. The molecule has 0 aliphatic carbocycles. The molecule has 1 aliphatic heterocycles. The molecule has 0 aromatic carbocycles. The van der Waals surface area contributed by atoms with E-state index < -0.39 is 0 Å². The SMILES string of the molecule is CCCNc1ncccc1C(=O)N1[C@H](C)CCC[C@@H]1C. The van der Waals surface area contributed by atoms with Gasteiger partial charge in [0.1, 0.15) is 5.82 Å². The molecule has 20 heavy (non-hydrogen) atoms. The Kier molecular flexibility index (Phi) is 4.99. The molecule has 0 bridgehead atoms.